The smallest absolute Gasteiger partial charge is 0.247 e. The highest BCUT2D eigenvalue weighted by Crippen LogP contribution is 2.60. The summed E-state index contributed by atoms with van der Waals surface area (Å²) in [6.07, 6.45) is 7.21. The minimum atomic E-state index is -0.158. The second kappa shape index (κ2) is 4.31. The largest absolute Gasteiger partial charge is 0.272 e. The number of hydrogen-bond acceptors (Lipinski definition) is 3. The van der Waals surface area contributed by atoms with Crippen LogP contribution in [0.4, 0.5) is 0 Å². The van der Waals surface area contributed by atoms with Crippen molar-refractivity contribution < 1.29 is 4.79 Å². The summed E-state index contributed by atoms with van der Waals surface area (Å²) in [6, 6.07) is 7.69. The van der Waals surface area contributed by atoms with Crippen molar-refractivity contribution in [1.82, 2.24) is 15.1 Å². The van der Waals surface area contributed by atoms with Gasteiger partial charge in [0.2, 0.25) is 5.91 Å². The van der Waals surface area contributed by atoms with Gasteiger partial charge in [-0.25, -0.2) is 5.43 Å². The van der Waals surface area contributed by atoms with Gasteiger partial charge in [0.25, 0.3) is 0 Å². The molecular weight excluding hydrogens is 276 g/mol. The van der Waals surface area contributed by atoms with Crippen LogP contribution in [0.2, 0.25) is 0 Å². The maximum Gasteiger partial charge on any atom is 0.247 e. The van der Waals surface area contributed by atoms with Crippen LogP contribution in [0.3, 0.4) is 0 Å². The standard InChI is InChI=1S/C17H20N4O/c22-16(20-21-18-14-3-1-2-4-15(14)19-21)17-8-11-5-12(9-17)7-13(6-11)10-17/h1-4,11-13H,5-10H2,(H,20,22). The quantitative estimate of drug-likeness (QED) is 0.927. The molecule has 4 aliphatic rings. The van der Waals surface area contributed by atoms with Gasteiger partial charge in [0, 0.05) is 0 Å². The van der Waals surface area contributed by atoms with Crippen molar-refractivity contribution in [1.29, 1.82) is 0 Å². The van der Waals surface area contributed by atoms with Crippen molar-refractivity contribution in [3.8, 4) is 0 Å². The molecule has 4 bridgehead atoms. The topological polar surface area (TPSA) is 59.8 Å². The molecule has 6 rings (SSSR count). The first-order valence-corrected chi connectivity index (χ1v) is 8.34. The monoisotopic (exact) mass is 296 g/mol. The highest BCUT2D eigenvalue weighted by Gasteiger charge is 2.54. The molecule has 0 spiro atoms. The number of carbonyl (C=O) groups is 1. The zero-order chi connectivity index (χ0) is 14.7. The van der Waals surface area contributed by atoms with E-state index in [-0.39, 0.29) is 11.3 Å². The Balaban J connectivity index is 1.42. The number of benzene rings is 1. The highest BCUT2D eigenvalue weighted by atomic mass is 16.2. The van der Waals surface area contributed by atoms with E-state index in [9.17, 15) is 4.79 Å². The van der Waals surface area contributed by atoms with Crippen LogP contribution in [0.15, 0.2) is 24.3 Å². The molecule has 0 saturated heterocycles. The molecule has 0 radical (unpaired) electrons. The first-order valence-electron chi connectivity index (χ1n) is 8.34. The fourth-order valence-corrected chi connectivity index (χ4v) is 5.51. The fraction of sp³-hybridized carbons (Fsp3) is 0.588. The highest BCUT2D eigenvalue weighted by molar-refractivity contribution is 5.90. The molecule has 1 N–H and O–H groups in total. The first-order chi connectivity index (χ1) is 10.7. The molecule has 2 aromatic rings. The molecule has 22 heavy (non-hydrogen) atoms. The van der Waals surface area contributed by atoms with E-state index in [0.29, 0.717) is 0 Å². The maximum absolute atomic E-state index is 12.9. The number of nitrogens with one attached hydrogen (secondary N) is 1. The molecular formula is C17H20N4O. The van der Waals surface area contributed by atoms with E-state index in [1.165, 1.54) is 24.2 Å². The van der Waals surface area contributed by atoms with E-state index in [0.717, 1.165) is 48.0 Å². The lowest BCUT2D eigenvalue weighted by molar-refractivity contribution is -0.141. The van der Waals surface area contributed by atoms with E-state index >= 15 is 0 Å². The molecule has 1 amide bonds. The van der Waals surface area contributed by atoms with Gasteiger partial charge >= 0.3 is 0 Å². The average Bonchev–Trinajstić information content (AvgIpc) is 2.88. The van der Waals surface area contributed by atoms with Gasteiger partial charge in [0.1, 0.15) is 11.0 Å². The Hall–Kier alpha value is -1.91. The molecule has 1 aromatic carbocycles. The van der Waals surface area contributed by atoms with Crippen molar-refractivity contribution in [2.45, 2.75) is 38.5 Å². The summed E-state index contributed by atoms with van der Waals surface area (Å²) in [7, 11) is 0. The van der Waals surface area contributed by atoms with Gasteiger partial charge in [-0.1, -0.05) is 17.0 Å². The Bertz CT molecular complexity index is 682. The van der Waals surface area contributed by atoms with Gasteiger partial charge < -0.3 is 0 Å². The SMILES string of the molecule is O=C(Nn1nc2ccccc2n1)C12CC3CC(CC(C3)C1)C2. The zero-order valence-electron chi connectivity index (χ0n) is 12.5. The molecule has 4 fully saturated rings. The van der Waals surface area contributed by atoms with Gasteiger partial charge in [-0.3, -0.25) is 4.79 Å². The number of nitrogens with zero attached hydrogens (tertiary/aromatic N) is 3. The summed E-state index contributed by atoms with van der Waals surface area (Å²) >= 11 is 0. The van der Waals surface area contributed by atoms with E-state index in [1.54, 1.807) is 0 Å². The lowest BCUT2D eigenvalue weighted by Crippen LogP contribution is -2.53. The summed E-state index contributed by atoms with van der Waals surface area (Å²) < 4.78 is 0. The van der Waals surface area contributed by atoms with Crippen molar-refractivity contribution >= 4 is 16.9 Å². The molecule has 1 heterocycles. The van der Waals surface area contributed by atoms with E-state index in [4.69, 9.17) is 0 Å². The molecule has 4 aliphatic carbocycles. The van der Waals surface area contributed by atoms with Gasteiger partial charge in [0.05, 0.1) is 5.41 Å². The average molecular weight is 296 g/mol. The predicted molar refractivity (Wildman–Crippen MR) is 82.5 cm³/mol. The molecule has 4 saturated carbocycles. The normalized spacial score (nSPS) is 35.9. The third-order valence-corrected chi connectivity index (χ3v) is 6.01. The number of hydrogen-bond donors (Lipinski definition) is 1. The van der Waals surface area contributed by atoms with Crippen LogP contribution in [0.25, 0.3) is 11.0 Å². The summed E-state index contributed by atoms with van der Waals surface area (Å²) in [5.41, 5.74) is 4.41. The van der Waals surface area contributed by atoms with Gasteiger partial charge in [0.15, 0.2) is 0 Å². The zero-order valence-corrected chi connectivity index (χ0v) is 12.5. The molecule has 0 aliphatic heterocycles. The lowest BCUT2D eigenvalue weighted by atomic mass is 9.49. The van der Waals surface area contributed by atoms with Crippen molar-refractivity contribution in [2.24, 2.45) is 23.2 Å². The van der Waals surface area contributed by atoms with Crippen LogP contribution in [-0.4, -0.2) is 21.0 Å². The van der Waals surface area contributed by atoms with Gasteiger partial charge in [-0.2, -0.15) is 0 Å². The Labute approximate surface area is 129 Å². The third-order valence-electron chi connectivity index (χ3n) is 6.01. The lowest BCUT2D eigenvalue weighted by Gasteiger charge is -2.55. The second-order valence-electron chi connectivity index (χ2n) is 7.62. The Morgan fingerprint density at radius 1 is 1.00 bits per heavy atom. The van der Waals surface area contributed by atoms with Crippen molar-refractivity contribution in [3.05, 3.63) is 24.3 Å². The summed E-state index contributed by atoms with van der Waals surface area (Å²) in [5.74, 6) is 2.43. The van der Waals surface area contributed by atoms with Crippen LogP contribution in [0.1, 0.15) is 38.5 Å². The van der Waals surface area contributed by atoms with Gasteiger partial charge in [-0.05, 0) is 68.4 Å². The third kappa shape index (κ3) is 1.81. The first kappa shape index (κ1) is 12.6. The Morgan fingerprint density at radius 2 is 1.50 bits per heavy atom. The van der Waals surface area contributed by atoms with Gasteiger partial charge in [-0.15, -0.1) is 10.2 Å². The van der Waals surface area contributed by atoms with Crippen LogP contribution >= 0.6 is 0 Å². The second-order valence-corrected chi connectivity index (χ2v) is 7.62. The minimum Gasteiger partial charge on any atom is -0.272 e. The maximum atomic E-state index is 12.9. The summed E-state index contributed by atoms with van der Waals surface area (Å²) in [6.45, 7) is 0. The summed E-state index contributed by atoms with van der Waals surface area (Å²) in [4.78, 5) is 14.3. The summed E-state index contributed by atoms with van der Waals surface area (Å²) in [5, 5.41) is 8.71. The van der Waals surface area contributed by atoms with Crippen molar-refractivity contribution in [2.75, 3.05) is 5.43 Å². The number of amides is 1. The molecule has 114 valence electrons. The molecule has 5 heteroatoms. The van der Waals surface area contributed by atoms with Crippen molar-refractivity contribution in [3.63, 3.8) is 0 Å². The number of rotatable bonds is 2. The van der Waals surface area contributed by atoms with Crippen LogP contribution in [-0.2, 0) is 4.79 Å². The predicted octanol–water partition coefficient (Wildman–Crippen LogP) is 2.72. The fourth-order valence-electron chi connectivity index (χ4n) is 5.51. The van der Waals surface area contributed by atoms with Crippen LogP contribution in [0.5, 0.6) is 0 Å². The van der Waals surface area contributed by atoms with Crippen LogP contribution in [0, 0.1) is 23.2 Å². The number of aromatic nitrogens is 3. The molecule has 1 aromatic heterocycles. The van der Waals surface area contributed by atoms with E-state index < -0.39 is 0 Å². The number of carbonyl (C=O) groups excluding carboxylic acids is 1. The molecule has 0 unspecified atom stereocenters. The Morgan fingerprint density at radius 3 is 2.00 bits per heavy atom. The number of fused-ring (bicyclic) bond motifs is 1. The Kier molecular flexibility index (Phi) is 2.47. The molecule has 0 atom stereocenters. The minimum absolute atomic E-state index is 0.131. The van der Waals surface area contributed by atoms with E-state index in [2.05, 4.69) is 15.6 Å². The molecule has 5 nitrogen and oxygen atoms in total. The van der Waals surface area contributed by atoms with E-state index in [1.807, 2.05) is 24.3 Å². The van der Waals surface area contributed by atoms with Crippen LogP contribution < -0.4 is 5.43 Å².